The average molecular weight is 428 g/mol. The van der Waals surface area contributed by atoms with Gasteiger partial charge >= 0.3 is 0 Å². The Labute approximate surface area is 187 Å². The second kappa shape index (κ2) is 10.4. The zero-order chi connectivity index (χ0) is 22.2. The van der Waals surface area contributed by atoms with Crippen LogP contribution in [0.5, 0.6) is 5.75 Å². The van der Waals surface area contributed by atoms with Crippen molar-refractivity contribution in [3.63, 3.8) is 0 Å². The Balaban J connectivity index is 1.28. The first kappa shape index (κ1) is 21.3. The van der Waals surface area contributed by atoms with Gasteiger partial charge in [-0.25, -0.2) is 0 Å². The summed E-state index contributed by atoms with van der Waals surface area (Å²) in [7, 11) is 0. The number of nitrogens with zero attached hydrogens (tertiary/aromatic N) is 2. The maximum absolute atomic E-state index is 12.3. The number of amides is 1. The summed E-state index contributed by atoms with van der Waals surface area (Å²) in [6.45, 7) is 2.27. The molecule has 0 fully saturated rings. The van der Waals surface area contributed by atoms with Gasteiger partial charge in [-0.3, -0.25) is 4.79 Å². The van der Waals surface area contributed by atoms with Crippen molar-refractivity contribution in [3.05, 3.63) is 102 Å². The summed E-state index contributed by atoms with van der Waals surface area (Å²) in [5.41, 5.74) is 3.30. The fourth-order valence-electron chi connectivity index (χ4n) is 3.57. The van der Waals surface area contributed by atoms with Gasteiger partial charge in [-0.2, -0.15) is 4.98 Å². The first-order valence-corrected chi connectivity index (χ1v) is 10.6. The minimum absolute atomic E-state index is 0.0397. The largest absolute Gasteiger partial charge is 0.484 e. The predicted octanol–water partition coefficient (Wildman–Crippen LogP) is 4.76. The molecule has 0 radical (unpaired) electrons. The quantitative estimate of drug-likeness (QED) is 0.417. The van der Waals surface area contributed by atoms with Crippen molar-refractivity contribution in [1.82, 2.24) is 15.5 Å². The van der Waals surface area contributed by atoms with Crippen LogP contribution < -0.4 is 10.1 Å². The normalized spacial score (nSPS) is 10.8. The zero-order valence-electron chi connectivity index (χ0n) is 17.9. The highest BCUT2D eigenvalue weighted by molar-refractivity contribution is 5.77. The number of rotatable bonds is 9. The zero-order valence-corrected chi connectivity index (χ0v) is 17.9. The lowest BCUT2D eigenvalue weighted by Gasteiger charge is -2.18. The van der Waals surface area contributed by atoms with Crippen LogP contribution in [0.2, 0.25) is 0 Å². The Morgan fingerprint density at radius 1 is 0.938 bits per heavy atom. The molecule has 0 aliphatic carbocycles. The number of ether oxygens (including phenoxy) is 1. The highest BCUT2D eigenvalue weighted by Gasteiger charge is 2.14. The third kappa shape index (κ3) is 5.60. The van der Waals surface area contributed by atoms with Crippen LogP contribution in [0.4, 0.5) is 0 Å². The Kier molecular flexibility index (Phi) is 6.92. The predicted molar refractivity (Wildman–Crippen MR) is 122 cm³/mol. The third-order valence-corrected chi connectivity index (χ3v) is 5.17. The monoisotopic (exact) mass is 427 g/mol. The fraction of sp³-hybridized carbons (Fsp3) is 0.192. The minimum Gasteiger partial charge on any atom is -0.484 e. The molecule has 6 nitrogen and oxygen atoms in total. The molecule has 1 aromatic heterocycles. The molecular formula is C26H25N3O3. The lowest BCUT2D eigenvalue weighted by atomic mass is 9.88. The summed E-state index contributed by atoms with van der Waals surface area (Å²) in [6, 6.07) is 28.0. The van der Waals surface area contributed by atoms with Crippen LogP contribution in [0, 0.1) is 6.92 Å². The second-order valence-corrected chi connectivity index (χ2v) is 7.46. The average Bonchev–Trinajstić information content (AvgIpc) is 3.28. The number of aromatic nitrogens is 2. The Hall–Kier alpha value is -3.93. The van der Waals surface area contributed by atoms with Crippen LogP contribution in [0.15, 0.2) is 89.5 Å². The lowest BCUT2D eigenvalue weighted by Crippen LogP contribution is -2.30. The summed E-state index contributed by atoms with van der Waals surface area (Å²) in [6.07, 6.45) is 0.804. The van der Waals surface area contributed by atoms with Crippen LogP contribution >= 0.6 is 0 Å². The molecule has 162 valence electrons. The van der Waals surface area contributed by atoms with Gasteiger partial charge in [0.25, 0.3) is 5.91 Å². The number of hydrogen-bond donors (Lipinski definition) is 1. The number of benzene rings is 3. The van der Waals surface area contributed by atoms with Crippen molar-refractivity contribution in [2.75, 3.05) is 13.2 Å². The second-order valence-electron chi connectivity index (χ2n) is 7.46. The molecule has 3 aromatic carbocycles. The van der Waals surface area contributed by atoms with Crippen molar-refractivity contribution in [2.24, 2.45) is 0 Å². The molecule has 4 aromatic rings. The van der Waals surface area contributed by atoms with Crippen molar-refractivity contribution in [3.8, 4) is 17.1 Å². The van der Waals surface area contributed by atoms with E-state index >= 15 is 0 Å². The molecular weight excluding hydrogens is 402 g/mol. The van der Waals surface area contributed by atoms with Crippen molar-refractivity contribution >= 4 is 5.91 Å². The maximum Gasteiger partial charge on any atom is 0.257 e. The Morgan fingerprint density at radius 3 is 2.12 bits per heavy atom. The van der Waals surface area contributed by atoms with Gasteiger partial charge in [0, 0.05) is 24.9 Å². The molecule has 0 unspecified atom stereocenters. The first-order chi connectivity index (χ1) is 15.7. The molecule has 6 heteroatoms. The van der Waals surface area contributed by atoms with Crippen molar-refractivity contribution in [2.45, 2.75) is 19.3 Å². The first-order valence-electron chi connectivity index (χ1n) is 10.6. The van der Waals surface area contributed by atoms with E-state index in [0.29, 0.717) is 24.0 Å². The SMILES string of the molecule is Cc1nc(-c2ccc(OCC(=O)NCCC(c3ccccc3)c3ccccc3)cc2)no1. The maximum atomic E-state index is 12.3. The highest BCUT2D eigenvalue weighted by atomic mass is 16.5. The molecule has 1 heterocycles. The van der Waals surface area contributed by atoms with Crippen LogP contribution in [0.3, 0.4) is 0 Å². The molecule has 0 aliphatic rings. The van der Waals surface area contributed by atoms with Gasteiger partial charge in [-0.05, 0) is 41.8 Å². The molecule has 0 atom stereocenters. The number of nitrogens with one attached hydrogen (secondary N) is 1. The van der Waals surface area contributed by atoms with Crippen LogP contribution in [0.1, 0.15) is 29.4 Å². The third-order valence-electron chi connectivity index (χ3n) is 5.17. The van der Waals surface area contributed by atoms with Gasteiger partial charge < -0.3 is 14.6 Å². The van der Waals surface area contributed by atoms with Gasteiger partial charge in [0.2, 0.25) is 11.7 Å². The van der Waals surface area contributed by atoms with E-state index in [1.54, 1.807) is 19.1 Å². The summed E-state index contributed by atoms with van der Waals surface area (Å²) in [5, 5.41) is 6.86. The van der Waals surface area contributed by atoms with Crippen LogP contribution in [0.25, 0.3) is 11.4 Å². The molecule has 4 rings (SSSR count). The van der Waals surface area contributed by atoms with Gasteiger partial charge in [-0.1, -0.05) is 65.8 Å². The molecule has 32 heavy (non-hydrogen) atoms. The van der Waals surface area contributed by atoms with Gasteiger partial charge in [0.05, 0.1) is 0 Å². The van der Waals surface area contributed by atoms with Gasteiger partial charge in [-0.15, -0.1) is 0 Å². The van der Waals surface area contributed by atoms with E-state index in [1.165, 1.54) is 11.1 Å². The number of hydrogen-bond acceptors (Lipinski definition) is 5. The summed E-state index contributed by atoms with van der Waals surface area (Å²) < 4.78 is 10.6. The Morgan fingerprint density at radius 2 is 1.56 bits per heavy atom. The molecule has 1 N–H and O–H groups in total. The molecule has 0 spiro atoms. The van der Waals surface area contributed by atoms with E-state index in [0.717, 1.165) is 12.0 Å². The van der Waals surface area contributed by atoms with Crippen LogP contribution in [-0.4, -0.2) is 29.2 Å². The van der Waals surface area contributed by atoms with Crippen molar-refractivity contribution < 1.29 is 14.1 Å². The van der Waals surface area contributed by atoms with Crippen molar-refractivity contribution in [1.29, 1.82) is 0 Å². The fourth-order valence-corrected chi connectivity index (χ4v) is 3.57. The standard InChI is InChI=1S/C26H25N3O3/c1-19-28-26(29-32-19)22-12-14-23(15-13-22)31-18-25(30)27-17-16-24(20-8-4-2-5-9-20)21-10-6-3-7-11-21/h2-15,24H,16-18H2,1H3,(H,27,30). The van der Waals surface area contributed by atoms with E-state index in [1.807, 2.05) is 48.5 Å². The topological polar surface area (TPSA) is 77.2 Å². The van der Waals surface area contributed by atoms with E-state index in [2.05, 4.69) is 39.7 Å². The molecule has 0 saturated heterocycles. The molecule has 0 bridgehead atoms. The van der Waals surface area contributed by atoms with E-state index in [4.69, 9.17) is 9.26 Å². The summed E-state index contributed by atoms with van der Waals surface area (Å²) in [5.74, 6) is 1.72. The molecule has 1 amide bonds. The smallest absolute Gasteiger partial charge is 0.257 e. The summed E-state index contributed by atoms with van der Waals surface area (Å²) >= 11 is 0. The molecule has 0 aliphatic heterocycles. The number of carbonyl (C=O) groups is 1. The minimum atomic E-state index is -0.150. The van der Waals surface area contributed by atoms with Gasteiger partial charge in [0.15, 0.2) is 6.61 Å². The Bertz CT molecular complexity index is 1090. The number of carbonyl (C=O) groups excluding carboxylic acids is 1. The van der Waals surface area contributed by atoms with E-state index in [-0.39, 0.29) is 18.4 Å². The number of aryl methyl sites for hydroxylation is 1. The molecule has 0 saturated carbocycles. The van der Waals surface area contributed by atoms with E-state index in [9.17, 15) is 4.79 Å². The lowest BCUT2D eigenvalue weighted by molar-refractivity contribution is -0.123. The van der Waals surface area contributed by atoms with E-state index < -0.39 is 0 Å². The van der Waals surface area contributed by atoms with Gasteiger partial charge in [0.1, 0.15) is 5.75 Å². The van der Waals surface area contributed by atoms with Crippen LogP contribution in [-0.2, 0) is 4.79 Å². The highest BCUT2D eigenvalue weighted by Crippen LogP contribution is 2.27. The summed E-state index contributed by atoms with van der Waals surface area (Å²) in [4.78, 5) is 16.5.